The van der Waals surface area contributed by atoms with Crippen molar-refractivity contribution in [2.45, 2.75) is 45.6 Å². The van der Waals surface area contributed by atoms with Gasteiger partial charge in [0.2, 0.25) is 15.9 Å². The van der Waals surface area contributed by atoms with Crippen LogP contribution in [0.15, 0.2) is 18.2 Å². The fourth-order valence-corrected chi connectivity index (χ4v) is 4.49. The monoisotopic (exact) mass is 410 g/mol. The van der Waals surface area contributed by atoms with Gasteiger partial charge in [0.25, 0.3) is 0 Å². The van der Waals surface area contributed by atoms with Crippen molar-refractivity contribution in [2.75, 3.05) is 11.1 Å². The Morgan fingerprint density at radius 1 is 1.29 bits per heavy atom. The van der Waals surface area contributed by atoms with Crippen LogP contribution in [-0.4, -0.2) is 46.3 Å². The number of tetrazole rings is 1. The molecular weight excluding hydrogens is 387 g/mol. The first kappa shape index (κ1) is 20.3. The standard InChI is InChI=1S/C17H23FN6O3S/c1-11-3-5-13(6-4-11)21-28(26,27)10-17(25)19-14-7-8-15(18)16(9-14)24-12(2)20-22-23-24/h7-9,11,13,21H,3-6,10H2,1-2H3,(H,19,25). The summed E-state index contributed by atoms with van der Waals surface area (Å²) in [5, 5.41) is 13.3. The smallest absolute Gasteiger partial charge is 0.240 e. The second-order valence-electron chi connectivity index (χ2n) is 7.19. The fraction of sp³-hybridized carbons (Fsp3) is 0.529. The number of benzene rings is 1. The zero-order chi connectivity index (χ0) is 20.3. The predicted molar refractivity (Wildman–Crippen MR) is 101 cm³/mol. The number of carbonyl (C=O) groups is 1. The number of amides is 1. The Morgan fingerprint density at radius 3 is 2.64 bits per heavy atom. The molecule has 1 amide bonds. The molecule has 28 heavy (non-hydrogen) atoms. The predicted octanol–water partition coefficient (Wildman–Crippen LogP) is 1.55. The molecule has 1 aromatic heterocycles. The zero-order valence-electron chi connectivity index (χ0n) is 15.7. The minimum absolute atomic E-state index is 0.0533. The van der Waals surface area contributed by atoms with E-state index in [-0.39, 0.29) is 17.4 Å². The molecular formula is C17H23FN6O3S. The molecule has 152 valence electrons. The van der Waals surface area contributed by atoms with Gasteiger partial charge in [-0.1, -0.05) is 6.92 Å². The van der Waals surface area contributed by atoms with Gasteiger partial charge < -0.3 is 5.32 Å². The highest BCUT2D eigenvalue weighted by Crippen LogP contribution is 2.24. The third kappa shape index (κ3) is 5.10. The molecule has 1 aliphatic rings. The minimum Gasteiger partial charge on any atom is -0.325 e. The SMILES string of the molecule is Cc1nnnn1-c1cc(NC(=O)CS(=O)(=O)NC2CCC(C)CC2)ccc1F. The van der Waals surface area contributed by atoms with Gasteiger partial charge in [-0.05, 0) is 67.2 Å². The lowest BCUT2D eigenvalue weighted by Crippen LogP contribution is -2.41. The molecule has 0 spiro atoms. The van der Waals surface area contributed by atoms with Crippen LogP contribution in [0, 0.1) is 18.7 Å². The molecule has 1 heterocycles. The van der Waals surface area contributed by atoms with Gasteiger partial charge in [-0.15, -0.1) is 5.10 Å². The first-order chi connectivity index (χ1) is 13.2. The number of hydrogen-bond acceptors (Lipinski definition) is 6. The molecule has 1 aromatic carbocycles. The summed E-state index contributed by atoms with van der Waals surface area (Å²) in [6, 6.07) is 3.72. The van der Waals surface area contributed by atoms with E-state index in [9.17, 15) is 17.6 Å². The molecule has 0 bridgehead atoms. The highest BCUT2D eigenvalue weighted by atomic mass is 32.2. The van der Waals surface area contributed by atoms with Crippen molar-refractivity contribution >= 4 is 21.6 Å². The van der Waals surface area contributed by atoms with Crippen LogP contribution in [0.2, 0.25) is 0 Å². The quantitative estimate of drug-likeness (QED) is 0.746. The van der Waals surface area contributed by atoms with Gasteiger partial charge in [-0.25, -0.2) is 17.5 Å². The number of hydrogen-bond donors (Lipinski definition) is 2. The number of aromatic nitrogens is 4. The summed E-state index contributed by atoms with van der Waals surface area (Å²) in [6.45, 7) is 3.75. The Balaban J connectivity index is 1.64. The molecule has 11 heteroatoms. The molecule has 2 aromatic rings. The van der Waals surface area contributed by atoms with Crippen LogP contribution < -0.4 is 10.0 Å². The van der Waals surface area contributed by atoms with E-state index in [1.165, 1.54) is 16.8 Å². The highest BCUT2D eigenvalue weighted by molar-refractivity contribution is 7.90. The van der Waals surface area contributed by atoms with Crippen LogP contribution in [0.1, 0.15) is 38.4 Å². The van der Waals surface area contributed by atoms with Gasteiger partial charge in [0.05, 0.1) is 0 Å². The first-order valence-corrected chi connectivity index (χ1v) is 10.7. The number of carbonyl (C=O) groups excluding carboxylic acids is 1. The molecule has 1 aliphatic carbocycles. The Hall–Kier alpha value is -2.40. The van der Waals surface area contributed by atoms with E-state index in [0.717, 1.165) is 31.7 Å². The molecule has 1 saturated carbocycles. The average molecular weight is 410 g/mol. The van der Waals surface area contributed by atoms with Crippen LogP contribution in [0.5, 0.6) is 0 Å². The van der Waals surface area contributed by atoms with E-state index >= 15 is 0 Å². The second-order valence-corrected chi connectivity index (χ2v) is 8.94. The molecule has 0 unspecified atom stereocenters. The molecule has 1 fully saturated rings. The number of halogens is 1. The van der Waals surface area contributed by atoms with Crippen LogP contribution in [0.25, 0.3) is 5.69 Å². The number of anilines is 1. The van der Waals surface area contributed by atoms with Gasteiger partial charge in [0.15, 0.2) is 5.82 Å². The van der Waals surface area contributed by atoms with Gasteiger partial charge in [-0.3, -0.25) is 4.79 Å². The maximum atomic E-state index is 14.1. The zero-order valence-corrected chi connectivity index (χ0v) is 16.5. The van der Waals surface area contributed by atoms with Crippen LogP contribution in [0.3, 0.4) is 0 Å². The van der Waals surface area contributed by atoms with Crippen LogP contribution >= 0.6 is 0 Å². The fourth-order valence-electron chi connectivity index (χ4n) is 3.25. The molecule has 3 rings (SSSR count). The molecule has 0 radical (unpaired) electrons. The topological polar surface area (TPSA) is 119 Å². The van der Waals surface area contributed by atoms with E-state index in [0.29, 0.717) is 11.7 Å². The van der Waals surface area contributed by atoms with E-state index in [1.54, 1.807) is 6.92 Å². The molecule has 0 saturated heterocycles. The lowest BCUT2D eigenvalue weighted by atomic mass is 9.88. The van der Waals surface area contributed by atoms with Gasteiger partial charge in [-0.2, -0.15) is 4.68 Å². The summed E-state index contributed by atoms with van der Waals surface area (Å²) in [7, 11) is -3.76. The Labute approximate surface area is 162 Å². The first-order valence-electron chi connectivity index (χ1n) is 9.08. The van der Waals surface area contributed by atoms with Crippen molar-refractivity contribution in [1.29, 1.82) is 0 Å². The van der Waals surface area contributed by atoms with Crippen molar-refractivity contribution < 1.29 is 17.6 Å². The minimum atomic E-state index is -3.76. The number of rotatable bonds is 6. The average Bonchev–Trinajstić information content (AvgIpc) is 3.03. The lowest BCUT2D eigenvalue weighted by molar-refractivity contribution is -0.113. The second kappa shape index (κ2) is 8.31. The summed E-state index contributed by atoms with van der Waals surface area (Å²) >= 11 is 0. The van der Waals surface area contributed by atoms with Gasteiger partial charge in [0.1, 0.15) is 17.3 Å². The molecule has 0 atom stereocenters. The largest absolute Gasteiger partial charge is 0.325 e. The van der Waals surface area contributed by atoms with Crippen LogP contribution in [0.4, 0.5) is 10.1 Å². The highest BCUT2D eigenvalue weighted by Gasteiger charge is 2.25. The molecule has 2 N–H and O–H groups in total. The summed E-state index contributed by atoms with van der Waals surface area (Å²) < 4.78 is 42.4. The van der Waals surface area contributed by atoms with E-state index in [1.807, 2.05) is 0 Å². The maximum absolute atomic E-state index is 14.1. The molecule has 0 aliphatic heterocycles. The third-order valence-corrected chi connectivity index (χ3v) is 6.10. The van der Waals surface area contributed by atoms with Crippen molar-refractivity contribution in [1.82, 2.24) is 24.9 Å². The normalized spacial score (nSPS) is 20.1. The maximum Gasteiger partial charge on any atom is 0.240 e. The van der Waals surface area contributed by atoms with Gasteiger partial charge in [0, 0.05) is 11.7 Å². The Kier molecular flexibility index (Phi) is 6.04. The van der Waals surface area contributed by atoms with Crippen molar-refractivity contribution in [2.24, 2.45) is 5.92 Å². The number of sulfonamides is 1. The lowest BCUT2D eigenvalue weighted by Gasteiger charge is -2.26. The molecule has 9 nitrogen and oxygen atoms in total. The third-order valence-electron chi connectivity index (χ3n) is 4.77. The Morgan fingerprint density at radius 2 is 2.00 bits per heavy atom. The summed E-state index contributed by atoms with van der Waals surface area (Å²) in [6.07, 6.45) is 3.48. The number of nitrogens with zero attached hydrogens (tertiary/aromatic N) is 4. The van der Waals surface area contributed by atoms with E-state index < -0.39 is 27.5 Å². The van der Waals surface area contributed by atoms with E-state index in [2.05, 4.69) is 32.5 Å². The van der Waals surface area contributed by atoms with Gasteiger partial charge >= 0.3 is 0 Å². The van der Waals surface area contributed by atoms with Crippen molar-refractivity contribution in [3.8, 4) is 5.69 Å². The summed E-state index contributed by atoms with van der Waals surface area (Å²) in [5.41, 5.74) is 0.301. The van der Waals surface area contributed by atoms with Crippen LogP contribution in [-0.2, 0) is 14.8 Å². The number of nitrogens with one attached hydrogen (secondary N) is 2. The summed E-state index contributed by atoms with van der Waals surface area (Å²) in [4.78, 5) is 12.2. The number of aryl methyl sites for hydroxylation is 1. The van der Waals surface area contributed by atoms with Crippen molar-refractivity contribution in [3.63, 3.8) is 0 Å². The summed E-state index contributed by atoms with van der Waals surface area (Å²) in [5.74, 6) is -1.01. The van der Waals surface area contributed by atoms with E-state index in [4.69, 9.17) is 0 Å². The van der Waals surface area contributed by atoms with Crippen molar-refractivity contribution in [3.05, 3.63) is 29.8 Å². The Bertz CT molecular complexity index is 954.